The first kappa shape index (κ1) is 20.3. The minimum atomic E-state index is -0.895. The minimum Gasteiger partial charge on any atom is -0.504 e. The van der Waals surface area contributed by atoms with Gasteiger partial charge in [0, 0.05) is 31.1 Å². The van der Waals surface area contributed by atoms with Gasteiger partial charge in [-0.25, -0.2) is 4.79 Å². The molecule has 31 heavy (non-hydrogen) atoms. The molecule has 0 aromatic heterocycles. The molecule has 3 aliphatic rings. The molecule has 3 aliphatic heterocycles. The second-order valence-electron chi connectivity index (χ2n) is 9.62. The van der Waals surface area contributed by atoms with E-state index in [-0.39, 0.29) is 23.9 Å². The molecule has 0 bridgehead atoms. The number of hydrogen-bond donors (Lipinski definition) is 2. The number of aromatic hydroxyl groups is 1. The average molecular weight is 424 g/mol. The molecule has 0 spiro atoms. The van der Waals surface area contributed by atoms with Crippen LogP contribution in [0, 0.1) is 11.8 Å². The number of hydrogen-bond acceptors (Lipinski definition) is 5. The molecule has 6 nitrogen and oxygen atoms in total. The number of benzene rings is 2. The Kier molecular flexibility index (Phi) is 4.94. The molecule has 0 radical (unpaired) electrons. The molecule has 0 unspecified atom stereocenters. The van der Waals surface area contributed by atoms with Crippen molar-refractivity contribution in [2.24, 2.45) is 11.8 Å². The van der Waals surface area contributed by atoms with Crippen molar-refractivity contribution < 1.29 is 24.5 Å². The van der Waals surface area contributed by atoms with Crippen LogP contribution in [0.4, 0.5) is 0 Å². The summed E-state index contributed by atoms with van der Waals surface area (Å²) in [4.78, 5) is 13.5. The lowest BCUT2D eigenvalue weighted by Gasteiger charge is -2.53. The fraction of sp³-hybridized carbons (Fsp3) is 0.480. The lowest BCUT2D eigenvalue weighted by atomic mass is 9.70. The summed E-state index contributed by atoms with van der Waals surface area (Å²) < 4.78 is 12.9. The second-order valence-corrected chi connectivity index (χ2v) is 9.62. The number of nitrogens with zero attached hydrogens (tertiary/aromatic N) is 1. The molecule has 2 aromatic carbocycles. The summed E-state index contributed by atoms with van der Waals surface area (Å²) in [5, 5.41) is 19.4. The van der Waals surface area contributed by atoms with Gasteiger partial charge in [0.05, 0.1) is 17.8 Å². The van der Waals surface area contributed by atoms with Gasteiger partial charge in [-0.3, -0.25) is 4.90 Å². The molecule has 6 heteroatoms. The molecule has 164 valence electrons. The molecule has 2 fully saturated rings. The summed E-state index contributed by atoms with van der Waals surface area (Å²) in [5.41, 5.74) is 1.99. The first-order valence-corrected chi connectivity index (χ1v) is 11.0. The van der Waals surface area contributed by atoms with E-state index in [0.717, 1.165) is 43.6 Å². The van der Waals surface area contributed by atoms with Gasteiger partial charge in [-0.15, -0.1) is 0 Å². The maximum absolute atomic E-state index is 11.1. The predicted molar refractivity (Wildman–Crippen MR) is 115 cm³/mol. The normalized spacial score (nSPS) is 29.2. The lowest BCUT2D eigenvalue weighted by molar-refractivity contribution is -0.188. The fourth-order valence-electron chi connectivity index (χ4n) is 5.53. The van der Waals surface area contributed by atoms with E-state index in [2.05, 4.69) is 18.7 Å². The number of piperidine rings is 1. The SMILES string of the molecule is CC1(C)Oc2c(O)cccc2[C@@H]2O[C@@H]3CCN(Cc4ccc(C(=O)O)cc4)C[C@H]3C[C@H]21. The Labute approximate surface area is 182 Å². The number of carbonyl (C=O) groups is 1. The smallest absolute Gasteiger partial charge is 0.335 e. The largest absolute Gasteiger partial charge is 0.504 e. The van der Waals surface area contributed by atoms with E-state index in [1.165, 1.54) is 0 Å². The summed E-state index contributed by atoms with van der Waals surface area (Å²) in [7, 11) is 0. The van der Waals surface area contributed by atoms with Crippen LogP contribution in [0.5, 0.6) is 11.5 Å². The number of fused-ring (bicyclic) bond motifs is 4. The number of phenols is 1. The Balaban J connectivity index is 1.31. The molecule has 0 aliphatic carbocycles. The number of ether oxygens (including phenoxy) is 2. The van der Waals surface area contributed by atoms with Gasteiger partial charge in [-0.2, -0.15) is 0 Å². The highest BCUT2D eigenvalue weighted by Crippen LogP contribution is 2.54. The highest BCUT2D eigenvalue weighted by atomic mass is 16.5. The van der Waals surface area contributed by atoms with E-state index in [1.807, 2.05) is 24.3 Å². The van der Waals surface area contributed by atoms with E-state index < -0.39 is 11.6 Å². The predicted octanol–water partition coefficient (Wildman–Crippen LogP) is 4.23. The number of carboxylic acid groups (broad SMARTS) is 1. The van der Waals surface area contributed by atoms with Gasteiger partial charge in [0.1, 0.15) is 5.60 Å². The Morgan fingerprint density at radius 2 is 1.97 bits per heavy atom. The Morgan fingerprint density at radius 3 is 2.71 bits per heavy atom. The third-order valence-corrected chi connectivity index (χ3v) is 7.19. The molecule has 2 saturated heterocycles. The quantitative estimate of drug-likeness (QED) is 0.769. The average Bonchev–Trinajstić information content (AvgIpc) is 2.74. The standard InChI is InChI=1S/C25H29NO5/c1-25(2)19-12-17-14-26(13-15-6-8-16(9-7-15)24(28)29)11-10-21(17)30-22(19)18-4-3-5-20(27)23(18)31-25/h3-9,17,19,21-22,27H,10-14H2,1-2H3,(H,28,29)/t17-,19-,21-,22+/m1/s1. The van der Waals surface area contributed by atoms with Gasteiger partial charge in [0.25, 0.3) is 0 Å². The molecule has 2 aromatic rings. The fourth-order valence-corrected chi connectivity index (χ4v) is 5.53. The van der Waals surface area contributed by atoms with Crippen LogP contribution in [0.1, 0.15) is 54.3 Å². The zero-order valence-electron chi connectivity index (χ0n) is 18.0. The van der Waals surface area contributed by atoms with E-state index >= 15 is 0 Å². The van der Waals surface area contributed by atoms with Crippen molar-refractivity contribution in [1.82, 2.24) is 4.90 Å². The molecular weight excluding hydrogens is 394 g/mol. The maximum atomic E-state index is 11.1. The Hall–Kier alpha value is -2.57. The van der Waals surface area contributed by atoms with Crippen molar-refractivity contribution in [3.8, 4) is 11.5 Å². The third-order valence-electron chi connectivity index (χ3n) is 7.19. The number of para-hydroxylation sites is 1. The van der Waals surface area contributed by atoms with Crippen LogP contribution >= 0.6 is 0 Å². The van der Waals surface area contributed by atoms with E-state index in [1.54, 1.807) is 18.2 Å². The van der Waals surface area contributed by atoms with Crippen molar-refractivity contribution in [3.05, 3.63) is 59.2 Å². The second kappa shape index (κ2) is 7.53. The van der Waals surface area contributed by atoms with Gasteiger partial charge in [-0.1, -0.05) is 24.3 Å². The number of carboxylic acids is 1. The molecule has 0 amide bonds. The molecular formula is C25H29NO5. The molecule has 3 heterocycles. The van der Waals surface area contributed by atoms with E-state index in [0.29, 0.717) is 17.2 Å². The number of likely N-dealkylation sites (tertiary alicyclic amines) is 1. The first-order chi connectivity index (χ1) is 14.8. The minimum absolute atomic E-state index is 0.0535. The number of aromatic carboxylic acids is 1. The van der Waals surface area contributed by atoms with E-state index in [9.17, 15) is 9.90 Å². The van der Waals surface area contributed by atoms with Gasteiger partial charge >= 0.3 is 5.97 Å². The highest BCUT2D eigenvalue weighted by molar-refractivity contribution is 5.87. The van der Waals surface area contributed by atoms with Crippen LogP contribution in [-0.4, -0.2) is 45.9 Å². The molecule has 0 saturated carbocycles. The lowest BCUT2D eigenvalue weighted by Crippen LogP contribution is -2.55. The number of phenolic OH excluding ortho intramolecular Hbond substituents is 1. The van der Waals surface area contributed by atoms with Gasteiger partial charge in [0.2, 0.25) is 0 Å². The Bertz CT molecular complexity index is 986. The summed E-state index contributed by atoms with van der Waals surface area (Å²) >= 11 is 0. The van der Waals surface area contributed by atoms with Gasteiger partial charge < -0.3 is 19.7 Å². The van der Waals surface area contributed by atoms with Gasteiger partial charge in [0.15, 0.2) is 11.5 Å². The van der Waals surface area contributed by atoms with Crippen LogP contribution in [0.2, 0.25) is 0 Å². The van der Waals surface area contributed by atoms with Crippen LogP contribution in [-0.2, 0) is 11.3 Å². The molecule has 4 atom stereocenters. The monoisotopic (exact) mass is 423 g/mol. The topological polar surface area (TPSA) is 79.2 Å². The molecule has 5 rings (SSSR count). The van der Waals surface area contributed by atoms with Gasteiger partial charge in [-0.05, 0) is 56.4 Å². The summed E-state index contributed by atoms with van der Waals surface area (Å²) in [6.07, 6.45) is 2.14. The van der Waals surface area contributed by atoms with Crippen molar-refractivity contribution in [1.29, 1.82) is 0 Å². The third kappa shape index (κ3) is 3.68. The van der Waals surface area contributed by atoms with Crippen molar-refractivity contribution in [2.75, 3.05) is 13.1 Å². The highest BCUT2D eigenvalue weighted by Gasteiger charge is 2.51. The van der Waals surface area contributed by atoms with Crippen LogP contribution in [0.15, 0.2) is 42.5 Å². The first-order valence-electron chi connectivity index (χ1n) is 11.0. The summed E-state index contributed by atoms with van der Waals surface area (Å²) in [5.74, 6) is 0.495. The summed E-state index contributed by atoms with van der Waals surface area (Å²) in [6.45, 7) is 6.90. The Morgan fingerprint density at radius 1 is 1.19 bits per heavy atom. The maximum Gasteiger partial charge on any atom is 0.335 e. The van der Waals surface area contributed by atoms with Crippen molar-refractivity contribution in [2.45, 2.75) is 51.0 Å². The molecule has 2 N–H and O–H groups in total. The summed E-state index contributed by atoms with van der Waals surface area (Å²) in [6, 6.07) is 12.7. The van der Waals surface area contributed by atoms with E-state index in [4.69, 9.17) is 14.6 Å². The van der Waals surface area contributed by atoms with Crippen LogP contribution < -0.4 is 4.74 Å². The number of rotatable bonds is 3. The zero-order chi connectivity index (χ0) is 21.8. The van der Waals surface area contributed by atoms with Crippen LogP contribution in [0.3, 0.4) is 0 Å². The van der Waals surface area contributed by atoms with Crippen molar-refractivity contribution in [3.63, 3.8) is 0 Å². The zero-order valence-corrected chi connectivity index (χ0v) is 18.0. The van der Waals surface area contributed by atoms with Crippen molar-refractivity contribution >= 4 is 5.97 Å². The van der Waals surface area contributed by atoms with Crippen LogP contribution in [0.25, 0.3) is 0 Å².